The molecule has 0 unspecified atom stereocenters. The first-order valence-corrected chi connectivity index (χ1v) is 11.7. The maximum atomic E-state index is 12.3. The molecule has 1 heterocycles. The minimum absolute atomic E-state index is 0.112. The third-order valence-electron chi connectivity index (χ3n) is 5.50. The van der Waals surface area contributed by atoms with Gasteiger partial charge in [-0.2, -0.15) is 0 Å². The number of carbonyl (C=O) groups is 1. The van der Waals surface area contributed by atoms with Crippen LogP contribution in [0.25, 0.3) is 11.0 Å². The Balaban J connectivity index is 1.32. The standard InChI is InChI=1S/C27H28ClN3O2/c1-20-12-14-23(15-13-20)33-18-6-17-31-25-10-3-2-9-24(25)30-26(31)11-5-16-29-27(32)21-7-4-8-22(28)19-21/h2-4,7-10,12-15,19H,5-6,11,16-18H2,1H3,(H,29,32). The van der Waals surface area contributed by atoms with E-state index in [0.29, 0.717) is 23.7 Å². The highest BCUT2D eigenvalue weighted by Crippen LogP contribution is 2.18. The molecule has 6 heteroatoms. The lowest BCUT2D eigenvalue weighted by Gasteiger charge is -2.11. The van der Waals surface area contributed by atoms with Crippen molar-refractivity contribution in [2.24, 2.45) is 0 Å². The van der Waals surface area contributed by atoms with Crippen molar-refractivity contribution in [1.29, 1.82) is 0 Å². The largest absolute Gasteiger partial charge is 0.494 e. The van der Waals surface area contributed by atoms with Crippen molar-refractivity contribution in [3.8, 4) is 5.75 Å². The van der Waals surface area contributed by atoms with Crippen molar-refractivity contribution in [3.05, 3.63) is 94.8 Å². The molecule has 1 N–H and O–H groups in total. The van der Waals surface area contributed by atoms with Crippen molar-refractivity contribution >= 4 is 28.5 Å². The molecule has 1 amide bonds. The van der Waals surface area contributed by atoms with Gasteiger partial charge >= 0.3 is 0 Å². The third kappa shape index (κ3) is 6.14. The summed E-state index contributed by atoms with van der Waals surface area (Å²) in [6.07, 6.45) is 2.46. The van der Waals surface area contributed by atoms with Crippen LogP contribution in [-0.2, 0) is 13.0 Å². The number of amides is 1. The van der Waals surface area contributed by atoms with E-state index in [1.54, 1.807) is 24.3 Å². The lowest BCUT2D eigenvalue weighted by Crippen LogP contribution is -2.25. The van der Waals surface area contributed by atoms with E-state index >= 15 is 0 Å². The SMILES string of the molecule is Cc1ccc(OCCCn2c(CCCNC(=O)c3cccc(Cl)c3)nc3ccccc32)cc1. The van der Waals surface area contributed by atoms with Crippen molar-refractivity contribution in [2.45, 2.75) is 32.7 Å². The number of ether oxygens (including phenoxy) is 1. The summed E-state index contributed by atoms with van der Waals surface area (Å²) < 4.78 is 8.17. The zero-order valence-electron chi connectivity index (χ0n) is 18.8. The number of rotatable bonds is 10. The molecule has 0 aliphatic carbocycles. The summed E-state index contributed by atoms with van der Waals surface area (Å²) in [5.41, 5.74) is 3.92. The zero-order valence-corrected chi connectivity index (χ0v) is 19.5. The molecule has 0 saturated heterocycles. The van der Waals surface area contributed by atoms with Crippen molar-refractivity contribution in [3.63, 3.8) is 0 Å². The van der Waals surface area contributed by atoms with Gasteiger partial charge in [-0.1, -0.05) is 47.5 Å². The van der Waals surface area contributed by atoms with Crippen molar-refractivity contribution < 1.29 is 9.53 Å². The van der Waals surface area contributed by atoms with Gasteiger partial charge in [0.05, 0.1) is 17.6 Å². The van der Waals surface area contributed by atoms with Crippen LogP contribution in [0.4, 0.5) is 0 Å². The number of halogens is 1. The van der Waals surface area contributed by atoms with E-state index in [-0.39, 0.29) is 5.91 Å². The Morgan fingerprint density at radius 3 is 2.67 bits per heavy atom. The molecule has 0 saturated carbocycles. The van der Waals surface area contributed by atoms with Gasteiger partial charge in [0, 0.05) is 30.1 Å². The van der Waals surface area contributed by atoms with E-state index in [9.17, 15) is 4.79 Å². The van der Waals surface area contributed by atoms with Gasteiger partial charge in [-0.15, -0.1) is 0 Å². The Hall–Kier alpha value is -3.31. The first-order valence-electron chi connectivity index (χ1n) is 11.3. The molecule has 0 radical (unpaired) electrons. The molecule has 33 heavy (non-hydrogen) atoms. The van der Waals surface area contributed by atoms with Gasteiger partial charge in [0.1, 0.15) is 11.6 Å². The van der Waals surface area contributed by atoms with Crippen LogP contribution in [-0.4, -0.2) is 28.6 Å². The molecule has 0 spiro atoms. The van der Waals surface area contributed by atoms with Crippen molar-refractivity contribution in [2.75, 3.05) is 13.2 Å². The van der Waals surface area contributed by atoms with Crippen LogP contribution in [0.2, 0.25) is 5.02 Å². The minimum atomic E-state index is -0.112. The molecule has 0 bridgehead atoms. The quantitative estimate of drug-likeness (QED) is 0.302. The number of nitrogens with one attached hydrogen (secondary N) is 1. The number of hydrogen-bond acceptors (Lipinski definition) is 3. The first-order chi connectivity index (χ1) is 16.1. The number of benzene rings is 3. The number of para-hydroxylation sites is 2. The Bertz CT molecular complexity index is 1220. The van der Waals surface area contributed by atoms with E-state index in [0.717, 1.165) is 48.4 Å². The normalized spacial score (nSPS) is 11.0. The summed E-state index contributed by atoms with van der Waals surface area (Å²) >= 11 is 5.98. The second kappa shape index (κ2) is 11.0. The number of fused-ring (bicyclic) bond motifs is 1. The molecular formula is C27H28ClN3O2. The van der Waals surface area contributed by atoms with Crippen LogP contribution >= 0.6 is 11.6 Å². The average molecular weight is 462 g/mol. The number of hydrogen-bond donors (Lipinski definition) is 1. The Morgan fingerprint density at radius 2 is 1.85 bits per heavy atom. The highest BCUT2D eigenvalue weighted by molar-refractivity contribution is 6.30. The summed E-state index contributed by atoms with van der Waals surface area (Å²) in [6, 6.07) is 23.3. The molecule has 0 aliphatic heterocycles. The third-order valence-corrected chi connectivity index (χ3v) is 5.73. The molecule has 0 atom stereocenters. The van der Waals surface area contributed by atoms with Crippen LogP contribution in [0.15, 0.2) is 72.8 Å². The molecular weight excluding hydrogens is 434 g/mol. The predicted octanol–water partition coefficient (Wildman–Crippen LogP) is 5.83. The second-order valence-corrected chi connectivity index (χ2v) is 8.49. The van der Waals surface area contributed by atoms with Crippen LogP contribution in [0, 0.1) is 6.92 Å². The number of nitrogens with zero attached hydrogens (tertiary/aromatic N) is 2. The van der Waals surface area contributed by atoms with Gasteiger partial charge in [-0.25, -0.2) is 4.98 Å². The van der Waals surface area contributed by atoms with Gasteiger partial charge < -0.3 is 14.6 Å². The first kappa shape index (κ1) is 22.9. The molecule has 170 valence electrons. The van der Waals surface area contributed by atoms with E-state index in [1.165, 1.54) is 5.56 Å². The van der Waals surface area contributed by atoms with E-state index in [2.05, 4.69) is 35.0 Å². The molecule has 4 aromatic rings. The zero-order chi connectivity index (χ0) is 23.0. The van der Waals surface area contributed by atoms with Crippen LogP contribution in [0.1, 0.15) is 34.6 Å². The van der Waals surface area contributed by atoms with Gasteiger partial charge in [0.15, 0.2) is 0 Å². The molecule has 4 rings (SSSR count). The summed E-state index contributed by atoms with van der Waals surface area (Å²) in [6.45, 7) is 4.12. The Morgan fingerprint density at radius 1 is 1.03 bits per heavy atom. The number of aromatic nitrogens is 2. The molecule has 0 fully saturated rings. The van der Waals surface area contributed by atoms with E-state index < -0.39 is 0 Å². The lowest BCUT2D eigenvalue weighted by molar-refractivity contribution is 0.0953. The smallest absolute Gasteiger partial charge is 0.251 e. The Kier molecular flexibility index (Phi) is 7.63. The fourth-order valence-corrected chi connectivity index (χ4v) is 3.98. The monoisotopic (exact) mass is 461 g/mol. The minimum Gasteiger partial charge on any atom is -0.494 e. The Labute approximate surface area is 199 Å². The lowest BCUT2D eigenvalue weighted by atomic mass is 10.2. The number of imidazole rings is 1. The molecule has 0 aliphatic rings. The number of carbonyl (C=O) groups excluding carboxylic acids is 1. The van der Waals surface area contributed by atoms with Crippen LogP contribution < -0.4 is 10.1 Å². The van der Waals surface area contributed by atoms with Crippen molar-refractivity contribution in [1.82, 2.24) is 14.9 Å². The fourth-order valence-electron chi connectivity index (χ4n) is 3.79. The molecule has 5 nitrogen and oxygen atoms in total. The number of aryl methyl sites for hydroxylation is 3. The van der Waals surface area contributed by atoms with Gasteiger partial charge in [-0.3, -0.25) is 4.79 Å². The van der Waals surface area contributed by atoms with Crippen LogP contribution in [0.3, 0.4) is 0 Å². The summed E-state index contributed by atoms with van der Waals surface area (Å²) in [7, 11) is 0. The maximum Gasteiger partial charge on any atom is 0.251 e. The fraction of sp³-hybridized carbons (Fsp3) is 0.259. The maximum absolute atomic E-state index is 12.3. The van der Waals surface area contributed by atoms with E-state index in [4.69, 9.17) is 21.3 Å². The highest BCUT2D eigenvalue weighted by Gasteiger charge is 2.11. The topological polar surface area (TPSA) is 56.1 Å². The van der Waals surface area contributed by atoms with Crippen LogP contribution in [0.5, 0.6) is 5.75 Å². The predicted molar refractivity (Wildman–Crippen MR) is 133 cm³/mol. The molecule has 1 aromatic heterocycles. The van der Waals surface area contributed by atoms with E-state index in [1.807, 2.05) is 30.3 Å². The second-order valence-electron chi connectivity index (χ2n) is 8.05. The average Bonchev–Trinajstić information content (AvgIpc) is 3.18. The summed E-state index contributed by atoms with van der Waals surface area (Å²) in [5, 5.41) is 3.53. The summed E-state index contributed by atoms with van der Waals surface area (Å²) in [4.78, 5) is 17.2. The van der Waals surface area contributed by atoms with Gasteiger partial charge in [0.25, 0.3) is 5.91 Å². The van der Waals surface area contributed by atoms with Gasteiger partial charge in [0.2, 0.25) is 0 Å². The molecule has 3 aromatic carbocycles. The summed E-state index contributed by atoms with van der Waals surface area (Å²) in [5.74, 6) is 1.81. The van der Waals surface area contributed by atoms with Gasteiger partial charge in [-0.05, 0) is 62.2 Å². The highest BCUT2D eigenvalue weighted by atomic mass is 35.5.